The van der Waals surface area contributed by atoms with Crippen molar-refractivity contribution >= 4 is 5.91 Å². The molecule has 4 heteroatoms. The highest BCUT2D eigenvalue weighted by Crippen LogP contribution is 2.26. The molecule has 0 radical (unpaired) electrons. The summed E-state index contributed by atoms with van der Waals surface area (Å²) in [6.07, 6.45) is 4.22. The molecule has 3 rings (SSSR count). The van der Waals surface area contributed by atoms with Crippen LogP contribution in [0.2, 0.25) is 0 Å². The molecule has 0 atom stereocenters. The Bertz CT molecular complexity index is 708. The molecule has 1 aromatic heterocycles. The summed E-state index contributed by atoms with van der Waals surface area (Å²) in [4.78, 5) is 14.4. The molecular formula is C18H19N3O. The summed E-state index contributed by atoms with van der Waals surface area (Å²) in [7, 11) is 0. The lowest BCUT2D eigenvalue weighted by Crippen LogP contribution is -2.28. The Morgan fingerprint density at radius 1 is 1.32 bits per heavy atom. The number of fused-ring (bicyclic) bond motifs is 3. The normalized spacial score (nSPS) is 11.2. The van der Waals surface area contributed by atoms with Gasteiger partial charge in [-0.15, -0.1) is 0 Å². The molecule has 0 unspecified atom stereocenters. The number of aryl methyl sites for hydroxylation is 1. The van der Waals surface area contributed by atoms with E-state index in [1.165, 1.54) is 11.1 Å². The number of amides is 1. The van der Waals surface area contributed by atoms with Crippen molar-refractivity contribution in [3.05, 3.63) is 53.7 Å². The predicted octanol–water partition coefficient (Wildman–Crippen LogP) is 2.43. The van der Waals surface area contributed by atoms with Crippen LogP contribution in [-0.4, -0.2) is 10.9 Å². The highest BCUT2D eigenvalue weighted by molar-refractivity contribution is 5.74. The van der Waals surface area contributed by atoms with Gasteiger partial charge in [-0.2, -0.15) is 0 Å². The zero-order valence-corrected chi connectivity index (χ0v) is 12.6. The lowest BCUT2D eigenvalue weighted by Gasteiger charge is -2.11. The first-order valence-electron chi connectivity index (χ1n) is 7.28. The maximum atomic E-state index is 9.94. The van der Waals surface area contributed by atoms with Crippen LogP contribution in [-0.2, 0) is 11.2 Å². The van der Waals surface area contributed by atoms with E-state index in [2.05, 4.69) is 46.9 Å². The minimum Gasteiger partial charge on any atom is -0.294 e. The quantitative estimate of drug-likeness (QED) is 0.367. The molecule has 0 saturated carbocycles. The van der Waals surface area contributed by atoms with Gasteiger partial charge in [0.25, 0.3) is 0 Å². The van der Waals surface area contributed by atoms with E-state index in [4.69, 9.17) is 0 Å². The van der Waals surface area contributed by atoms with Crippen molar-refractivity contribution in [3.63, 3.8) is 0 Å². The van der Waals surface area contributed by atoms with Crippen molar-refractivity contribution in [3.8, 4) is 23.1 Å². The van der Waals surface area contributed by atoms with Gasteiger partial charge in [-0.3, -0.25) is 15.2 Å². The van der Waals surface area contributed by atoms with Gasteiger partial charge in [-0.05, 0) is 24.1 Å². The number of nitrogens with two attached hydrogens (primary N) is 1. The number of carbonyl (C=O) groups is 1. The van der Waals surface area contributed by atoms with Crippen molar-refractivity contribution < 1.29 is 4.79 Å². The molecule has 1 aliphatic carbocycles. The van der Waals surface area contributed by atoms with Gasteiger partial charge in [0.2, 0.25) is 5.91 Å². The van der Waals surface area contributed by atoms with E-state index in [0.29, 0.717) is 6.42 Å². The lowest BCUT2D eigenvalue weighted by molar-refractivity contribution is -0.120. The third kappa shape index (κ3) is 3.94. The summed E-state index contributed by atoms with van der Waals surface area (Å²) < 4.78 is 0. The van der Waals surface area contributed by atoms with Gasteiger partial charge >= 0.3 is 0 Å². The molecule has 0 saturated heterocycles. The van der Waals surface area contributed by atoms with E-state index in [9.17, 15) is 4.79 Å². The number of rotatable bonds is 1. The van der Waals surface area contributed by atoms with Crippen LogP contribution < -0.4 is 11.3 Å². The van der Waals surface area contributed by atoms with Crippen LogP contribution in [0, 0.1) is 11.8 Å². The summed E-state index contributed by atoms with van der Waals surface area (Å²) in [5.74, 6) is 10.9. The summed E-state index contributed by atoms with van der Waals surface area (Å²) in [6, 6.07) is 12.4. The maximum absolute atomic E-state index is 9.94. The maximum Gasteiger partial charge on any atom is 0.233 e. The number of hydrogen-bond donors (Lipinski definition) is 2. The fourth-order valence-electron chi connectivity index (χ4n) is 2.15. The third-order valence-electron chi connectivity index (χ3n) is 3.30. The smallest absolute Gasteiger partial charge is 0.233 e. The molecule has 1 aliphatic rings. The molecule has 4 nitrogen and oxygen atoms in total. The molecule has 1 amide bonds. The molecule has 2 aromatic rings. The minimum atomic E-state index is -0.130. The summed E-state index contributed by atoms with van der Waals surface area (Å²) in [6.45, 7) is 1.74. The van der Waals surface area contributed by atoms with Crippen LogP contribution in [0.15, 0.2) is 42.6 Å². The van der Waals surface area contributed by atoms with Gasteiger partial charge in [-0.1, -0.05) is 43.0 Å². The van der Waals surface area contributed by atoms with Crippen LogP contribution >= 0.6 is 0 Å². The number of benzene rings is 1. The first kappa shape index (κ1) is 15.7. The Morgan fingerprint density at radius 3 is 2.86 bits per heavy atom. The van der Waals surface area contributed by atoms with Crippen LogP contribution in [0.5, 0.6) is 0 Å². The number of hydrazine groups is 1. The zero-order chi connectivity index (χ0) is 15.8. The Morgan fingerprint density at radius 2 is 2.14 bits per heavy atom. The number of carbonyl (C=O) groups excluding carboxylic acids is 1. The Hall–Kier alpha value is -2.64. The number of aromatic nitrogens is 1. The first-order valence-corrected chi connectivity index (χ1v) is 7.28. The van der Waals surface area contributed by atoms with Gasteiger partial charge < -0.3 is 0 Å². The monoisotopic (exact) mass is 293 g/mol. The van der Waals surface area contributed by atoms with Crippen molar-refractivity contribution in [2.75, 3.05) is 0 Å². The molecule has 1 heterocycles. The molecule has 112 valence electrons. The second-order valence-corrected chi connectivity index (χ2v) is 4.78. The molecular weight excluding hydrogens is 274 g/mol. The number of hydrogen-bond acceptors (Lipinski definition) is 3. The van der Waals surface area contributed by atoms with Crippen molar-refractivity contribution in [1.82, 2.24) is 10.4 Å². The van der Waals surface area contributed by atoms with E-state index >= 15 is 0 Å². The zero-order valence-electron chi connectivity index (χ0n) is 12.6. The van der Waals surface area contributed by atoms with E-state index in [1.54, 1.807) is 6.92 Å². The molecule has 1 aromatic carbocycles. The number of nitrogens with zero attached hydrogens (tertiary/aromatic N) is 1. The van der Waals surface area contributed by atoms with Gasteiger partial charge in [0, 0.05) is 24.6 Å². The van der Waals surface area contributed by atoms with Crippen molar-refractivity contribution in [2.24, 2.45) is 5.84 Å². The van der Waals surface area contributed by atoms with Crippen LogP contribution in [0.4, 0.5) is 0 Å². The van der Waals surface area contributed by atoms with Crippen molar-refractivity contribution in [2.45, 2.75) is 26.2 Å². The Labute approximate surface area is 130 Å². The highest BCUT2D eigenvalue weighted by Gasteiger charge is 2.10. The Kier molecular flexibility index (Phi) is 5.70. The predicted molar refractivity (Wildman–Crippen MR) is 87.5 cm³/mol. The third-order valence-corrected chi connectivity index (χ3v) is 3.30. The second kappa shape index (κ2) is 7.96. The number of pyridine rings is 1. The fourth-order valence-corrected chi connectivity index (χ4v) is 2.15. The average Bonchev–Trinajstić information content (AvgIpc) is 2.57. The van der Waals surface area contributed by atoms with Gasteiger partial charge in [-0.25, -0.2) is 5.84 Å². The molecule has 0 spiro atoms. The van der Waals surface area contributed by atoms with Crippen molar-refractivity contribution in [1.29, 1.82) is 0 Å². The average molecular weight is 293 g/mol. The SMILES string of the molecule is C1#Cc2cccnc2-c2ccccc2CC1.CCC(=O)NN. The minimum absolute atomic E-state index is 0.130. The summed E-state index contributed by atoms with van der Waals surface area (Å²) in [5, 5.41) is 0. The van der Waals surface area contributed by atoms with Gasteiger partial charge in [0.1, 0.15) is 0 Å². The molecule has 22 heavy (non-hydrogen) atoms. The van der Waals surface area contributed by atoms with Crippen LogP contribution in [0.1, 0.15) is 30.9 Å². The molecule has 3 N–H and O–H groups in total. The fraction of sp³-hybridized carbons (Fsp3) is 0.222. The summed E-state index contributed by atoms with van der Waals surface area (Å²) >= 11 is 0. The summed E-state index contributed by atoms with van der Waals surface area (Å²) in [5.41, 5.74) is 6.60. The topological polar surface area (TPSA) is 68.0 Å². The molecule has 0 fully saturated rings. The van der Waals surface area contributed by atoms with Crippen LogP contribution in [0.25, 0.3) is 11.3 Å². The first-order chi connectivity index (χ1) is 10.8. The van der Waals surface area contributed by atoms with Gasteiger partial charge in [0.15, 0.2) is 0 Å². The van der Waals surface area contributed by atoms with E-state index in [1.807, 2.05) is 23.8 Å². The number of nitrogens with one attached hydrogen (secondary N) is 1. The Balaban J connectivity index is 0.000000254. The highest BCUT2D eigenvalue weighted by atomic mass is 16.2. The van der Waals surface area contributed by atoms with E-state index in [0.717, 1.165) is 24.1 Å². The van der Waals surface area contributed by atoms with E-state index < -0.39 is 0 Å². The molecule has 0 bridgehead atoms. The van der Waals surface area contributed by atoms with Crippen LogP contribution in [0.3, 0.4) is 0 Å². The van der Waals surface area contributed by atoms with E-state index in [-0.39, 0.29) is 5.91 Å². The second-order valence-electron chi connectivity index (χ2n) is 4.78. The standard InChI is InChI=1S/C15H11N.C3H8N2O/c1-2-8-13-9-5-11-16-15(13)14-10-4-3-7-12(14)6-1;1-2-3(6)5-4/h3-5,7,9-11H,1,6H2;2,4H2,1H3,(H,5,6). The van der Waals surface area contributed by atoms with Gasteiger partial charge in [0.05, 0.1) is 11.3 Å². The largest absolute Gasteiger partial charge is 0.294 e. The molecule has 0 aliphatic heterocycles. The lowest BCUT2D eigenvalue weighted by atomic mass is 9.96.